The third kappa shape index (κ3) is 2.02. The zero-order valence-electron chi connectivity index (χ0n) is 11.2. The van der Waals surface area contributed by atoms with Gasteiger partial charge in [-0.2, -0.15) is 24.7 Å². The maximum absolute atomic E-state index is 5.79. The quantitative estimate of drug-likeness (QED) is 0.709. The predicted molar refractivity (Wildman–Crippen MR) is 72.9 cm³/mol. The Morgan fingerprint density at radius 3 is 2.71 bits per heavy atom. The van der Waals surface area contributed by atoms with Gasteiger partial charge in [-0.25, -0.2) is 9.97 Å². The molecule has 0 aromatic carbocycles. The van der Waals surface area contributed by atoms with Crippen molar-refractivity contribution in [1.82, 2.24) is 39.3 Å². The molecular formula is C12H13N9. The van der Waals surface area contributed by atoms with Crippen molar-refractivity contribution >= 4 is 5.95 Å². The van der Waals surface area contributed by atoms with E-state index in [9.17, 15) is 0 Å². The molecule has 2 N–H and O–H groups in total. The Labute approximate surface area is 119 Å². The van der Waals surface area contributed by atoms with Gasteiger partial charge in [0.15, 0.2) is 0 Å². The predicted octanol–water partition coefficient (Wildman–Crippen LogP) is 0.0990. The van der Waals surface area contributed by atoms with Crippen LogP contribution in [0.1, 0.15) is 24.2 Å². The van der Waals surface area contributed by atoms with Gasteiger partial charge in [0.1, 0.15) is 19.0 Å². The van der Waals surface area contributed by atoms with Gasteiger partial charge in [0, 0.05) is 5.69 Å². The summed E-state index contributed by atoms with van der Waals surface area (Å²) in [6.45, 7) is 0. The molecule has 0 saturated heterocycles. The third-order valence-electron chi connectivity index (χ3n) is 3.50. The Hall–Kier alpha value is -2.84. The summed E-state index contributed by atoms with van der Waals surface area (Å²) in [6, 6.07) is 0. The van der Waals surface area contributed by atoms with Crippen LogP contribution in [0.4, 0.5) is 5.95 Å². The van der Waals surface area contributed by atoms with Crippen molar-refractivity contribution < 1.29 is 0 Å². The van der Waals surface area contributed by atoms with Crippen molar-refractivity contribution in [3.8, 4) is 11.9 Å². The Bertz CT molecular complexity index is 774. The Balaban J connectivity index is 1.84. The van der Waals surface area contributed by atoms with Gasteiger partial charge in [0.2, 0.25) is 11.9 Å². The van der Waals surface area contributed by atoms with Gasteiger partial charge >= 0.3 is 0 Å². The molecule has 0 atom stereocenters. The molecule has 0 saturated carbocycles. The first-order chi connectivity index (χ1) is 10.3. The van der Waals surface area contributed by atoms with Crippen LogP contribution in [0.15, 0.2) is 19.0 Å². The summed E-state index contributed by atoms with van der Waals surface area (Å²) in [5.41, 5.74) is 8.05. The molecule has 21 heavy (non-hydrogen) atoms. The van der Waals surface area contributed by atoms with Crippen LogP contribution in [0, 0.1) is 0 Å². The Kier molecular flexibility index (Phi) is 2.62. The van der Waals surface area contributed by atoms with E-state index in [1.165, 1.54) is 23.8 Å². The summed E-state index contributed by atoms with van der Waals surface area (Å²) in [5.74, 6) is 0.945. The van der Waals surface area contributed by atoms with Crippen LogP contribution in [0.2, 0.25) is 0 Å². The lowest BCUT2D eigenvalue weighted by Gasteiger charge is -2.13. The first-order valence-electron chi connectivity index (χ1n) is 6.73. The summed E-state index contributed by atoms with van der Waals surface area (Å²) >= 11 is 0. The number of hydrogen-bond acceptors (Lipinski definition) is 7. The topological polar surface area (TPSA) is 113 Å². The van der Waals surface area contributed by atoms with Crippen LogP contribution < -0.4 is 5.73 Å². The average Bonchev–Trinajstić information content (AvgIpc) is 3.16. The molecule has 0 amide bonds. The van der Waals surface area contributed by atoms with Gasteiger partial charge < -0.3 is 5.73 Å². The molecule has 4 rings (SSSR count). The van der Waals surface area contributed by atoms with Crippen LogP contribution >= 0.6 is 0 Å². The highest BCUT2D eigenvalue weighted by atomic mass is 15.4. The molecule has 9 heteroatoms. The average molecular weight is 283 g/mol. The van der Waals surface area contributed by atoms with E-state index in [0.29, 0.717) is 11.9 Å². The van der Waals surface area contributed by atoms with E-state index in [1.54, 1.807) is 6.33 Å². The SMILES string of the molecule is Nc1nc(-n2cncn2)nc(-n2cnc3c2CCCC3)n1. The summed E-state index contributed by atoms with van der Waals surface area (Å²) in [4.78, 5) is 21.0. The molecule has 9 nitrogen and oxygen atoms in total. The fourth-order valence-electron chi connectivity index (χ4n) is 2.53. The first kappa shape index (κ1) is 11.9. The number of hydrogen-bond donors (Lipinski definition) is 1. The van der Waals surface area contributed by atoms with Gasteiger partial charge in [-0.15, -0.1) is 0 Å². The van der Waals surface area contributed by atoms with Crippen molar-refractivity contribution in [1.29, 1.82) is 0 Å². The molecule has 1 aliphatic rings. The fourth-order valence-corrected chi connectivity index (χ4v) is 2.53. The van der Waals surface area contributed by atoms with Crippen LogP contribution in [-0.4, -0.2) is 39.3 Å². The van der Waals surface area contributed by atoms with E-state index < -0.39 is 0 Å². The maximum atomic E-state index is 5.79. The summed E-state index contributed by atoms with van der Waals surface area (Å²) < 4.78 is 3.33. The van der Waals surface area contributed by atoms with Crippen molar-refractivity contribution in [2.45, 2.75) is 25.7 Å². The minimum atomic E-state index is 0.142. The zero-order valence-corrected chi connectivity index (χ0v) is 11.2. The molecule has 3 aromatic rings. The second-order valence-electron chi connectivity index (χ2n) is 4.85. The van der Waals surface area contributed by atoms with E-state index in [4.69, 9.17) is 5.73 Å². The highest BCUT2D eigenvalue weighted by molar-refractivity contribution is 5.31. The molecule has 106 valence electrons. The summed E-state index contributed by atoms with van der Waals surface area (Å²) in [7, 11) is 0. The number of nitrogens with two attached hydrogens (primary N) is 1. The summed E-state index contributed by atoms with van der Waals surface area (Å²) in [5, 5.41) is 4.01. The van der Waals surface area contributed by atoms with Crippen molar-refractivity contribution in [3.05, 3.63) is 30.4 Å². The lowest BCUT2D eigenvalue weighted by atomic mass is 10.0. The number of anilines is 1. The number of rotatable bonds is 2. The van der Waals surface area contributed by atoms with Crippen LogP contribution in [0.25, 0.3) is 11.9 Å². The van der Waals surface area contributed by atoms with Crippen LogP contribution in [0.3, 0.4) is 0 Å². The van der Waals surface area contributed by atoms with E-state index in [0.717, 1.165) is 30.7 Å². The second-order valence-corrected chi connectivity index (χ2v) is 4.85. The highest BCUT2D eigenvalue weighted by Crippen LogP contribution is 2.22. The number of aryl methyl sites for hydroxylation is 1. The molecular weight excluding hydrogens is 270 g/mol. The van der Waals surface area contributed by atoms with Crippen molar-refractivity contribution in [3.63, 3.8) is 0 Å². The molecule has 0 bridgehead atoms. The van der Waals surface area contributed by atoms with E-state index >= 15 is 0 Å². The molecule has 0 unspecified atom stereocenters. The van der Waals surface area contributed by atoms with Gasteiger partial charge in [0.25, 0.3) is 5.95 Å². The number of imidazole rings is 1. The normalized spacial score (nSPS) is 14.1. The third-order valence-corrected chi connectivity index (χ3v) is 3.50. The van der Waals surface area contributed by atoms with E-state index in [2.05, 4.69) is 30.0 Å². The second kappa shape index (κ2) is 4.62. The molecule has 3 aromatic heterocycles. The molecule has 0 aliphatic heterocycles. The Morgan fingerprint density at radius 1 is 1.00 bits per heavy atom. The number of aromatic nitrogens is 8. The van der Waals surface area contributed by atoms with Crippen molar-refractivity contribution in [2.24, 2.45) is 0 Å². The minimum absolute atomic E-state index is 0.142. The molecule has 0 fully saturated rings. The lowest BCUT2D eigenvalue weighted by Crippen LogP contribution is -2.14. The van der Waals surface area contributed by atoms with Crippen LogP contribution in [-0.2, 0) is 12.8 Å². The zero-order chi connectivity index (χ0) is 14.2. The largest absolute Gasteiger partial charge is 0.368 e. The minimum Gasteiger partial charge on any atom is -0.368 e. The number of nitrogens with zero attached hydrogens (tertiary/aromatic N) is 8. The molecule has 0 radical (unpaired) electrons. The molecule has 3 heterocycles. The van der Waals surface area contributed by atoms with Crippen LogP contribution in [0.5, 0.6) is 0 Å². The Morgan fingerprint density at radius 2 is 1.86 bits per heavy atom. The highest BCUT2D eigenvalue weighted by Gasteiger charge is 2.18. The standard InChI is InChI=1S/C12H13N9/c13-10-17-11(19-12(18-10)21-6-14-5-16-21)20-7-15-8-3-1-2-4-9(8)20/h5-7H,1-4H2,(H2,13,17,18,19). The van der Waals surface area contributed by atoms with Gasteiger partial charge in [0.05, 0.1) is 5.69 Å². The summed E-state index contributed by atoms with van der Waals surface area (Å²) in [6.07, 6.45) is 8.97. The monoisotopic (exact) mass is 283 g/mol. The maximum Gasteiger partial charge on any atom is 0.258 e. The lowest BCUT2D eigenvalue weighted by molar-refractivity contribution is 0.649. The van der Waals surface area contributed by atoms with Gasteiger partial charge in [-0.05, 0) is 25.7 Å². The molecule has 0 spiro atoms. The fraction of sp³-hybridized carbons (Fsp3) is 0.333. The van der Waals surface area contributed by atoms with Crippen molar-refractivity contribution in [2.75, 3.05) is 5.73 Å². The smallest absolute Gasteiger partial charge is 0.258 e. The first-order valence-corrected chi connectivity index (χ1v) is 6.73. The van der Waals surface area contributed by atoms with Gasteiger partial charge in [-0.1, -0.05) is 0 Å². The number of nitrogen functional groups attached to an aromatic ring is 1. The van der Waals surface area contributed by atoms with E-state index in [-0.39, 0.29) is 5.95 Å². The molecule has 1 aliphatic carbocycles. The van der Waals surface area contributed by atoms with E-state index in [1.807, 2.05) is 4.57 Å². The number of fused-ring (bicyclic) bond motifs is 1. The van der Waals surface area contributed by atoms with Gasteiger partial charge in [-0.3, -0.25) is 4.57 Å².